The van der Waals surface area contributed by atoms with Crippen LogP contribution in [0.3, 0.4) is 0 Å². The summed E-state index contributed by atoms with van der Waals surface area (Å²) < 4.78 is -0.430. The Morgan fingerprint density at radius 2 is 1.36 bits per heavy atom. The zero-order valence-corrected chi connectivity index (χ0v) is 21.5. The normalized spacial score (nSPS) is 41.7. The van der Waals surface area contributed by atoms with Gasteiger partial charge in [0, 0.05) is 25.2 Å². The van der Waals surface area contributed by atoms with Crippen LogP contribution in [0.25, 0.3) is 0 Å². The summed E-state index contributed by atoms with van der Waals surface area (Å²) in [4.78, 5) is 36.7. The van der Waals surface area contributed by atoms with Crippen LogP contribution < -0.4 is 0 Å². The first-order valence-electron chi connectivity index (χ1n) is 9.44. The Balaban J connectivity index is 1.99. The highest BCUT2D eigenvalue weighted by Gasteiger charge is 2.61. The zero-order chi connectivity index (χ0) is 20.4. The molecule has 0 N–H and O–H groups in total. The number of hydrogen-bond donors (Lipinski definition) is 0. The lowest BCUT2D eigenvalue weighted by Gasteiger charge is -2.57. The molecule has 0 spiro atoms. The first kappa shape index (κ1) is 23.8. The molecule has 0 aromatic carbocycles. The second-order valence-corrected chi connectivity index (χ2v) is 15.6. The monoisotopic (exact) mass is 496 g/mol. The molecular formula is C19H28O3S6. The maximum atomic E-state index is 12.5. The van der Waals surface area contributed by atoms with Crippen molar-refractivity contribution in [3.63, 3.8) is 0 Å². The van der Waals surface area contributed by atoms with Crippen LogP contribution in [0.5, 0.6) is 0 Å². The molecule has 3 aliphatic rings. The van der Waals surface area contributed by atoms with E-state index in [-0.39, 0.29) is 14.2 Å². The van der Waals surface area contributed by atoms with Crippen molar-refractivity contribution in [3.05, 3.63) is 0 Å². The predicted molar refractivity (Wildman–Crippen MR) is 133 cm³/mol. The van der Waals surface area contributed by atoms with Crippen molar-refractivity contribution in [2.24, 2.45) is 0 Å². The standard InChI is InChI=1S/C19H28O3S6/c1-17(4-5-23-6-14(21)9-26-17)19(3)18(2,27-10-15(22)11-28-19)16-12-24-7-13(20)8-25-16/h16H,4-12H2,1-3H3. The lowest BCUT2D eigenvalue weighted by molar-refractivity contribution is -0.115. The summed E-state index contributed by atoms with van der Waals surface area (Å²) in [6.07, 6.45) is 1.03. The minimum atomic E-state index is -0.175. The van der Waals surface area contributed by atoms with Gasteiger partial charge in [-0.15, -0.1) is 47.0 Å². The molecule has 0 aromatic rings. The molecule has 28 heavy (non-hydrogen) atoms. The van der Waals surface area contributed by atoms with Gasteiger partial charge >= 0.3 is 0 Å². The van der Waals surface area contributed by atoms with Gasteiger partial charge in [0.2, 0.25) is 0 Å². The molecule has 0 bridgehead atoms. The van der Waals surface area contributed by atoms with E-state index in [1.807, 2.05) is 0 Å². The third-order valence-corrected chi connectivity index (χ3v) is 15.8. The summed E-state index contributed by atoms with van der Waals surface area (Å²) in [5.41, 5.74) is 0. The first-order chi connectivity index (χ1) is 13.2. The molecular weight excluding hydrogens is 469 g/mol. The van der Waals surface area contributed by atoms with Crippen LogP contribution in [-0.4, -0.2) is 82.9 Å². The van der Waals surface area contributed by atoms with E-state index in [2.05, 4.69) is 20.8 Å². The van der Waals surface area contributed by atoms with Crippen molar-refractivity contribution >= 4 is 87.9 Å². The smallest absolute Gasteiger partial charge is 0.152 e. The Kier molecular flexibility index (Phi) is 8.25. The van der Waals surface area contributed by atoms with Gasteiger partial charge in [-0.25, -0.2) is 0 Å². The van der Waals surface area contributed by atoms with E-state index in [0.29, 0.717) is 57.1 Å². The fourth-order valence-electron chi connectivity index (χ4n) is 3.92. The third kappa shape index (κ3) is 4.79. The lowest BCUT2D eigenvalue weighted by Crippen LogP contribution is -2.63. The van der Waals surface area contributed by atoms with Crippen LogP contribution in [-0.2, 0) is 14.4 Å². The van der Waals surface area contributed by atoms with Crippen molar-refractivity contribution in [3.8, 4) is 0 Å². The van der Waals surface area contributed by atoms with Crippen LogP contribution >= 0.6 is 70.6 Å². The molecule has 3 aliphatic heterocycles. The molecule has 4 unspecified atom stereocenters. The predicted octanol–water partition coefficient (Wildman–Crippen LogP) is 4.17. The maximum absolute atomic E-state index is 12.5. The molecule has 4 atom stereocenters. The first-order valence-corrected chi connectivity index (χ1v) is 15.8. The molecule has 158 valence electrons. The van der Waals surface area contributed by atoms with Gasteiger partial charge in [-0.3, -0.25) is 14.4 Å². The number of carbonyl (C=O) groups excluding carboxylic acids is 3. The summed E-state index contributed by atoms with van der Waals surface area (Å²) in [6.45, 7) is 6.99. The minimum Gasteiger partial charge on any atom is -0.298 e. The SMILES string of the molecule is CC1(C2(C)SCC(=O)CSC2(C)C2CSCC(=O)CS2)CCSCC(=O)CS1. The van der Waals surface area contributed by atoms with Crippen LogP contribution in [0.15, 0.2) is 0 Å². The molecule has 3 heterocycles. The second-order valence-electron chi connectivity index (χ2n) is 7.97. The Labute approximate surface area is 194 Å². The quantitative estimate of drug-likeness (QED) is 0.560. The largest absolute Gasteiger partial charge is 0.298 e. The number of thioether (sulfide) groups is 6. The van der Waals surface area contributed by atoms with Gasteiger partial charge in [-0.1, -0.05) is 0 Å². The van der Waals surface area contributed by atoms with Crippen molar-refractivity contribution in [1.29, 1.82) is 0 Å². The van der Waals surface area contributed by atoms with Crippen LogP contribution in [0.2, 0.25) is 0 Å². The fraction of sp³-hybridized carbons (Fsp3) is 0.842. The van der Waals surface area contributed by atoms with E-state index in [4.69, 9.17) is 0 Å². The van der Waals surface area contributed by atoms with Gasteiger partial charge in [0.1, 0.15) is 0 Å². The summed E-state index contributed by atoms with van der Waals surface area (Å²) in [5, 5.41) is 0.309. The second kappa shape index (κ2) is 9.72. The molecule has 0 amide bonds. The Morgan fingerprint density at radius 1 is 0.750 bits per heavy atom. The van der Waals surface area contributed by atoms with Gasteiger partial charge in [0.05, 0.1) is 34.5 Å². The number of hydrogen-bond acceptors (Lipinski definition) is 9. The summed E-state index contributed by atoms with van der Waals surface area (Å²) >= 11 is 10.7. The van der Waals surface area contributed by atoms with Gasteiger partial charge in [0.15, 0.2) is 17.3 Å². The molecule has 3 saturated heterocycles. The summed E-state index contributed by atoms with van der Waals surface area (Å²) in [6, 6.07) is 0. The van der Waals surface area contributed by atoms with Crippen LogP contribution in [0, 0.1) is 0 Å². The number of carbonyl (C=O) groups is 3. The van der Waals surface area contributed by atoms with E-state index in [9.17, 15) is 14.4 Å². The van der Waals surface area contributed by atoms with Crippen LogP contribution in [0.1, 0.15) is 27.2 Å². The molecule has 0 saturated carbocycles. The van der Waals surface area contributed by atoms with E-state index in [1.54, 1.807) is 70.6 Å². The molecule has 3 fully saturated rings. The number of rotatable bonds is 2. The average molecular weight is 497 g/mol. The molecule has 3 nitrogen and oxygen atoms in total. The molecule has 0 aliphatic carbocycles. The highest BCUT2D eigenvalue weighted by molar-refractivity contribution is 8.10. The Hall–Kier alpha value is 1.11. The zero-order valence-electron chi connectivity index (χ0n) is 16.6. The van der Waals surface area contributed by atoms with Gasteiger partial charge in [0.25, 0.3) is 0 Å². The fourth-order valence-corrected chi connectivity index (χ4v) is 13.6. The van der Waals surface area contributed by atoms with E-state index < -0.39 is 0 Å². The van der Waals surface area contributed by atoms with Crippen molar-refractivity contribution < 1.29 is 14.4 Å². The van der Waals surface area contributed by atoms with Crippen molar-refractivity contribution in [2.45, 2.75) is 46.7 Å². The summed E-state index contributed by atoms with van der Waals surface area (Å²) in [5.74, 6) is 6.29. The van der Waals surface area contributed by atoms with Crippen molar-refractivity contribution in [2.75, 3.05) is 46.0 Å². The van der Waals surface area contributed by atoms with Gasteiger partial charge < -0.3 is 0 Å². The minimum absolute atomic E-state index is 0.103. The van der Waals surface area contributed by atoms with E-state index in [0.717, 1.165) is 17.9 Å². The number of Topliss-reactive ketones (excluding diaryl/α,β-unsaturated/α-hetero) is 3. The number of ketones is 3. The molecule has 3 rings (SSSR count). The topological polar surface area (TPSA) is 51.2 Å². The van der Waals surface area contributed by atoms with Gasteiger partial charge in [-0.05, 0) is 32.9 Å². The summed E-state index contributed by atoms with van der Waals surface area (Å²) in [7, 11) is 0. The van der Waals surface area contributed by atoms with Crippen molar-refractivity contribution in [1.82, 2.24) is 0 Å². The molecule has 0 radical (unpaired) electrons. The molecule has 9 heteroatoms. The van der Waals surface area contributed by atoms with Crippen LogP contribution in [0.4, 0.5) is 0 Å². The average Bonchev–Trinajstić information content (AvgIpc) is 2.94. The van der Waals surface area contributed by atoms with E-state index >= 15 is 0 Å². The lowest BCUT2D eigenvalue weighted by atomic mass is 9.79. The third-order valence-electron chi connectivity index (χ3n) is 6.14. The highest BCUT2D eigenvalue weighted by Crippen LogP contribution is 2.61. The Bertz CT molecular complexity index is 643. The maximum Gasteiger partial charge on any atom is 0.152 e. The van der Waals surface area contributed by atoms with Gasteiger partial charge in [-0.2, -0.15) is 23.5 Å². The Morgan fingerprint density at radius 3 is 2.14 bits per heavy atom. The molecule has 0 aromatic heterocycles. The highest BCUT2D eigenvalue weighted by atomic mass is 32.2. The van der Waals surface area contributed by atoms with E-state index in [1.165, 1.54) is 0 Å².